The van der Waals surface area contributed by atoms with Crippen molar-refractivity contribution in [1.82, 2.24) is 16.0 Å². The van der Waals surface area contributed by atoms with Gasteiger partial charge in [0.1, 0.15) is 18.1 Å². The van der Waals surface area contributed by atoms with E-state index in [0.717, 1.165) is 0 Å². The highest BCUT2D eigenvalue weighted by Crippen LogP contribution is 2.06. The van der Waals surface area contributed by atoms with Gasteiger partial charge in [0.25, 0.3) is 0 Å². The summed E-state index contributed by atoms with van der Waals surface area (Å²) < 4.78 is 0. The third-order valence-corrected chi connectivity index (χ3v) is 5.19. The summed E-state index contributed by atoms with van der Waals surface area (Å²) in [7, 11) is 0. The Bertz CT molecular complexity index is 864. The van der Waals surface area contributed by atoms with E-state index in [4.69, 9.17) is 28.7 Å². The number of aliphatic carboxylic acids is 2. The van der Waals surface area contributed by atoms with Gasteiger partial charge in [-0.15, -0.1) is 0 Å². The van der Waals surface area contributed by atoms with Crippen molar-refractivity contribution in [1.29, 1.82) is 0 Å². The fourth-order valence-corrected chi connectivity index (χ4v) is 3.16. The summed E-state index contributed by atoms with van der Waals surface area (Å²) >= 11 is 0. The number of aliphatic imine (C=N–C) groups is 1. The van der Waals surface area contributed by atoms with Crippen LogP contribution in [0.15, 0.2) is 4.99 Å². The molecular formula is C21H39N9O8. The second kappa shape index (κ2) is 18.3. The molecular weight excluding hydrogens is 506 g/mol. The van der Waals surface area contributed by atoms with Gasteiger partial charge in [-0.3, -0.25) is 29.0 Å². The first-order valence-electron chi connectivity index (χ1n) is 11.9. The van der Waals surface area contributed by atoms with Crippen molar-refractivity contribution in [2.45, 2.75) is 75.5 Å². The topological polar surface area (TPSA) is 321 Å². The first kappa shape index (κ1) is 34.0. The van der Waals surface area contributed by atoms with Crippen LogP contribution in [0.25, 0.3) is 0 Å². The van der Waals surface area contributed by atoms with E-state index in [1.54, 1.807) is 0 Å². The van der Waals surface area contributed by atoms with Gasteiger partial charge in [-0.1, -0.05) is 0 Å². The Labute approximate surface area is 219 Å². The van der Waals surface area contributed by atoms with Gasteiger partial charge in [-0.05, 0) is 45.1 Å². The number of hydrogen-bond donors (Lipinski definition) is 10. The standard InChI is InChI=1S/C21H39N9O8/c22-8-2-1-5-12(18(35)29-13(20(37)38)6-7-15(24)31)28-19(36)14(10-16(32)33)30-17(34)11(23)4-3-9-27-21(25)26/h11-14H,1-10,22-23H2,(H2,24,31)(H,28,36)(H,29,35)(H,30,34)(H,32,33)(H,37,38)(H4,25,26,27). The Hall–Kier alpha value is -3.99. The van der Waals surface area contributed by atoms with Gasteiger partial charge in [-0.25, -0.2) is 4.79 Å². The fraction of sp³-hybridized carbons (Fsp3) is 0.667. The summed E-state index contributed by atoms with van der Waals surface area (Å²) in [6.45, 7) is 0.496. The molecule has 4 amide bonds. The quantitative estimate of drug-likeness (QED) is 0.0395. The number of hydrogen-bond acceptors (Lipinski definition) is 9. The average Bonchev–Trinajstić information content (AvgIpc) is 2.82. The molecule has 0 saturated carbocycles. The van der Waals surface area contributed by atoms with Gasteiger partial charge in [0.2, 0.25) is 23.6 Å². The Morgan fingerprint density at radius 1 is 0.737 bits per heavy atom. The van der Waals surface area contributed by atoms with Crippen LogP contribution in [0.5, 0.6) is 0 Å². The molecule has 0 aliphatic heterocycles. The number of carboxylic acids is 2. The molecule has 0 fully saturated rings. The van der Waals surface area contributed by atoms with E-state index in [0.29, 0.717) is 19.3 Å². The van der Waals surface area contributed by atoms with Gasteiger partial charge in [0, 0.05) is 13.0 Å². The third-order valence-electron chi connectivity index (χ3n) is 5.19. The molecule has 0 aromatic heterocycles. The summed E-state index contributed by atoms with van der Waals surface area (Å²) in [6, 6.07) is -5.43. The molecule has 4 unspecified atom stereocenters. The lowest BCUT2D eigenvalue weighted by Gasteiger charge is -2.24. The molecule has 0 radical (unpaired) electrons. The molecule has 0 rings (SSSR count). The SMILES string of the molecule is NCCCCC(NC(=O)C(CC(=O)O)NC(=O)C(N)CCCN=C(N)N)C(=O)NC(CCC(N)=O)C(=O)O. The van der Waals surface area contributed by atoms with Gasteiger partial charge < -0.3 is 54.8 Å². The first-order chi connectivity index (χ1) is 17.8. The van der Waals surface area contributed by atoms with Crippen LogP contribution in [0.1, 0.15) is 51.4 Å². The number of nitrogens with zero attached hydrogens (tertiary/aromatic N) is 1. The zero-order valence-corrected chi connectivity index (χ0v) is 21.1. The number of carbonyl (C=O) groups excluding carboxylic acids is 4. The lowest BCUT2D eigenvalue weighted by Crippen LogP contribution is -2.57. The molecule has 0 heterocycles. The number of amides is 4. The Balaban J connectivity index is 5.47. The summed E-state index contributed by atoms with van der Waals surface area (Å²) in [5.41, 5.74) is 26.8. The molecule has 0 aliphatic carbocycles. The van der Waals surface area contributed by atoms with Crippen LogP contribution in [-0.4, -0.2) is 89.0 Å². The van der Waals surface area contributed by atoms with Crippen LogP contribution < -0.4 is 44.6 Å². The van der Waals surface area contributed by atoms with Gasteiger partial charge in [0.05, 0.1) is 12.5 Å². The average molecular weight is 546 g/mol. The van der Waals surface area contributed by atoms with E-state index in [1.165, 1.54) is 0 Å². The number of guanidine groups is 1. The highest BCUT2D eigenvalue weighted by molar-refractivity contribution is 5.95. The largest absolute Gasteiger partial charge is 0.481 e. The van der Waals surface area contributed by atoms with Crippen molar-refractivity contribution in [2.24, 2.45) is 33.7 Å². The molecule has 0 aromatic carbocycles. The van der Waals surface area contributed by atoms with Crippen molar-refractivity contribution in [3.63, 3.8) is 0 Å². The van der Waals surface area contributed by atoms with E-state index < -0.39 is 66.2 Å². The molecule has 0 saturated heterocycles. The maximum Gasteiger partial charge on any atom is 0.326 e. The minimum absolute atomic E-state index is 0.0367. The summed E-state index contributed by atoms with van der Waals surface area (Å²) in [5, 5.41) is 25.4. The molecule has 4 atom stereocenters. The third kappa shape index (κ3) is 15.2. The monoisotopic (exact) mass is 545 g/mol. The molecule has 0 aromatic rings. The van der Waals surface area contributed by atoms with E-state index in [9.17, 15) is 39.0 Å². The van der Waals surface area contributed by atoms with Crippen molar-refractivity contribution < 1.29 is 39.0 Å². The van der Waals surface area contributed by atoms with Crippen LogP contribution in [-0.2, 0) is 28.8 Å². The highest BCUT2D eigenvalue weighted by Gasteiger charge is 2.31. The number of carboxylic acid groups (broad SMARTS) is 2. The maximum absolute atomic E-state index is 12.9. The Kier molecular flexibility index (Phi) is 16.4. The van der Waals surface area contributed by atoms with Crippen LogP contribution in [0.3, 0.4) is 0 Å². The number of nitrogens with one attached hydrogen (secondary N) is 3. The van der Waals surface area contributed by atoms with E-state index >= 15 is 0 Å². The highest BCUT2D eigenvalue weighted by atomic mass is 16.4. The number of rotatable bonds is 20. The molecule has 0 aliphatic rings. The lowest BCUT2D eigenvalue weighted by atomic mass is 10.0. The minimum Gasteiger partial charge on any atom is -0.481 e. The van der Waals surface area contributed by atoms with Crippen LogP contribution in [0.2, 0.25) is 0 Å². The van der Waals surface area contributed by atoms with Gasteiger partial charge >= 0.3 is 11.9 Å². The summed E-state index contributed by atoms with van der Waals surface area (Å²) in [6.07, 6.45) is -0.0415. The van der Waals surface area contributed by atoms with Crippen molar-refractivity contribution in [3.05, 3.63) is 0 Å². The molecule has 216 valence electrons. The van der Waals surface area contributed by atoms with E-state index in [2.05, 4.69) is 20.9 Å². The van der Waals surface area contributed by atoms with Crippen LogP contribution in [0.4, 0.5) is 0 Å². The lowest BCUT2D eigenvalue weighted by molar-refractivity contribution is -0.143. The van der Waals surface area contributed by atoms with Crippen molar-refractivity contribution in [3.8, 4) is 0 Å². The van der Waals surface area contributed by atoms with E-state index in [1.807, 2.05) is 0 Å². The molecule has 0 spiro atoms. The number of carbonyl (C=O) groups is 6. The summed E-state index contributed by atoms with van der Waals surface area (Å²) in [4.78, 5) is 75.7. The fourth-order valence-electron chi connectivity index (χ4n) is 3.16. The molecule has 15 N–H and O–H groups in total. The van der Waals surface area contributed by atoms with Crippen molar-refractivity contribution in [2.75, 3.05) is 13.1 Å². The normalized spacial score (nSPS) is 13.7. The molecule has 38 heavy (non-hydrogen) atoms. The van der Waals surface area contributed by atoms with Crippen molar-refractivity contribution >= 4 is 41.5 Å². The number of unbranched alkanes of at least 4 members (excludes halogenated alkanes) is 1. The Morgan fingerprint density at radius 3 is 1.84 bits per heavy atom. The van der Waals surface area contributed by atoms with Crippen LogP contribution >= 0.6 is 0 Å². The predicted molar refractivity (Wildman–Crippen MR) is 135 cm³/mol. The maximum atomic E-state index is 12.9. The van der Waals surface area contributed by atoms with E-state index in [-0.39, 0.29) is 44.7 Å². The molecule has 17 heteroatoms. The smallest absolute Gasteiger partial charge is 0.326 e. The Morgan fingerprint density at radius 2 is 1.32 bits per heavy atom. The second-order valence-corrected chi connectivity index (χ2v) is 8.46. The summed E-state index contributed by atoms with van der Waals surface area (Å²) in [5.74, 6) is -6.41. The minimum atomic E-state index is -1.58. The zero-order chi connectivity index (χ0) is 29.3. The first-order valence-corrected chi connectivity index (χ1v) is 11.9. The second-order valence-electron chi connectivity index (χ2n) is 8.46. The van der Waals surface area contributed by atoms with Gasteiger partial charge in [-0.2, -0.15) is 0 Å². The molecule has 17 nitrogen and oxygen atoms in total. The number of primary amides is 1. The predicted octanol–water partition coefficient (Wildman–Crippen LogP) is -4.22. The van der Waals surface area contributed by atoms with Gasteiger partial charge in [0.15, 0.2) is 5.96 Å². The van der Waals surface area contributed by atoms with Crippen LogP contribution in [0, 0.1) is 0 Å². The zero-order valence-electron chi connectivity index (χ0n) is 21.1. The molecule has 0 bridgehead atoms. The number of nitrogens with two attached hydrogens (primary N) is 5.